The molecule has 0 aliphatic carbocycles. The first-order valence-electron chi connectivity index (χ1n) is 6.29. The van der Waals surface area contributed by atoms with Crippen molar-refractivity contribution in [3.8, 4) is 11.1 Å². The van der Waals surface area contributed by atoms with Crippen molar-refractivity contribution in [2.75, 3.05) is 0 Å². The topological polar surface area (TPSA) is 26.3 Å². The highest BCUT2D eigenvalue weighted by molar-refractivity contribution is 7.10. The molecule has 0 fully saturated rings. The molecule has 0 bridgehead atoms. The minimum Gasteiger partial charge on any atom is -0.460 e. The van der Waals surface area contributed by atoms with Gasteiger partial charge in [-0.1, -0.05) is 30.3 Å². The SMILES string of the molecule is CC(C)(C)OC(=O)Cc1sccc1-c1ccccc1. The molecule has 0 unspecified atom stereocenters. The molecule has 1 aromatic carbocycles. The highest BCUT2D eigenvalue weighted by atomic mass is 32.1. The minimum absolute atomic E-state index is 0.174. The van der Waals surface area contributed by atoms with Crippen LogP contribution in [0.25, 0.3) is 11.1 Å². The van der Waals surface area contributed by atoms with Crippen LogP contribution in [0.15, 0.2) is 41.8 Å². The van der Waals surface area contributed by atoms with Crippen molar-refractivity contribution in [3.63, 3.8) is 0 Å². The third kappa shape index (κ3) is 3.93. The molecular formula is C16H18O2S. The Morgan fingerprint density at radius 3 is 2.47 bits per heavy atom. The van der Waals surface area contributed by atoms with E-state index in [1.165, 1.54) is 0 Å². The van der Waals surface area contributed by atoms with Crippen molar-refractivity contribution in [2.45, 2.75) is 32.8 Å². The second kappa shape index (κ2) is 5.57. The lowest BCUT2D eigenvalue weighted by molar-refractivity contribution is -0.153. The highest BCUT2D eigenvalue weighted by Crippen LogP contribution is 2.29. The summed E-state index contributed by atoms with van der Waals surface area (Å²) in [5, 5.41) is 2.02. The minimum atomic E-state index is -0.429. The van der Waals surface area contributed by atoms with Gasteiger partial charge >= 0.3 is 5.97 Å². The summed E-state index contributed by atoms with van der Waals surface area (Å²) in [5.74, 6) is -0.174. The van der Waals surface area contributed by atoms with Gasteiger partial charge in [0.2, 0.25) is 0 Å². The Morgan fingerprint density at radius 2 is 1.84 bits per heavy atom. The van der Waals surface area contributed by atoms with Gasteiger partial charge < -0.3 is 4.74 Å². The molecule has 0 saturated carbocycles. The lowest BCUT2D eigenvalue weighted by Gasteiger charge is -2.19. The van der Waals surface area contributed by atoms with Gasteiger partial charge in [0, 0.05) is 4.88 Å². The van der Waals surface area contributed by atoms with Gasteiger partial charge in [0.1, 0.15) is 5.60 Å². The molecule has 0 atom stereocenters. The third-order valence-corrected chi connectivity index (χ3v) is 3.48. The van der Waals surface area contributed by atoms with E-state index in [1.54, 1.807) is 11.3 Å². The highest BCUT2D eigenvalue weighted by Gasteiger charge is 2.18. The molecule has 0 amide bonds. The fraction of sp³-hybridized carbons (Fsp3) is 0.312. The van der Waals surface area contributed by atoms with E-state index in [1.807, 2.05) is 44.4 Å². The average Bonchev–Trinajstić information content (AvgIpc) is 2.75. The van der Waals surface area contributed by atoms with E-state index in [2.05, 4.69) is 18.2 Å². The van der Waals surface area contributed by atoms with E-state index >= 15 is 0 Å². The molecule has 2 nitrogen and oxygen atoms in total. The van der Waals surface area contributed by atoms with Crippen LogP contribution in [0.3, 0.4) is 0 Å². The van der Waals surface area contributed by atoms with E-state index in [-0.39, 0.29) is 5.97 Å². The van der Waals surface area contributed by atoms with Crippen LogP contribution in [0.5, 0.6) is 0 Å². The Morgan fingerprint density at radius 1 is 1.16 bits per heavy atom. The molecule has 3 heteroatoms. The van der Waals surface area contributed by atoms with Crippen LogP contribution in [0.4, 0.5) is 0 Å². The Kier molecular flexibility index (Phi) is 4.05. The molecule has 0 N–H and O–H groups in total. The van der Waals surface area contributed by atoms with Gasteiger partial charge in [-0.15, -0.1) is 11.3 Å². The average molecular weight is 274 g/mol. The molecule has 0 spiro atoms. The molecular weight excluding hydrogens is 256 g/mol. The fourth-order valence-corrected chi connectivity index (χ4v) is 2.74. The quantitative estimate of drug-likeness (QED) is 0.780. The van der Waals surface area contributed by atoms with Crippen LogP contribution >= 0.6 is 11.3 Å². The summed E-state index contributed by atoms with van der Waals surface area (Å²) in [5.41, 5.74) is 1.83. The summed E-state index contributed by atoms with van der Waals surface area (Å²) in [6, 6.07) is 12.2. The predicted molar refractivity (Wildman–Crippen MR) is 79.3 cm³/mol. The number of thiophene rings is 1. The molecule has 100 valence electrons. The summed E-state index contributed by atoms with van der Waals surface area (Å²) >= 11 is 1.60. The van der Waals surface area contributed by atoms with Crippen LogP contribution < -0.4 is 0 Å². The monoisotopic (exact) mass is 274 g/mol. The lowest BCUT2D eigenvalue weighted by atomic mass is 10.1. The number of ether oxygens (including phenoxy) is 1. The van der Waals surface area contributed by atoms with Crippen molar-refractivity contribution in [3.05, 3.63) is 46.7 Å². The number of carbonyl (C=O) groups excluding carboxylic acids is 1. The maximum Gasteiger partial charge on any atom is 0.311 e. The zero-order valence-corrected chi connectivity index (χ0v) is 12.3. The summed E-state index contributed by atoms with van der Waals surface area (Å²) in [7, 11) is 0. The Labute approximate surface area is 118 Å². The smallest absolute Gasteiger partial charge is 0.311 e. The number of benzene rings is 1. The van der Waals surface area contributed by atoms with Gasteiger partial charge in [-0.25, -0.2) is 0 Å². The number of rotatable bonds is 3. The molecule has 2 rings (SSSR count). The molecule has 0 aliphatic heterocycles. The van der Waals surface area contributed by atoms with Crippen LogP contribution in [0.2, 0.25) is 0 Å². The molecule has 0 aliphatic rings. The molecule has 0 saturated heterocycles. The molecule has 2 aromatic rings. The Balaban J connectivity index is 2.15. The normalized spacial score (nSPS) is 11.3. The summed E-state index contributed by atoms with van der Waals surface area (Å²) in [6.45, 7) is 5.66. The Bertz CT molecular complexity index is 550. The van der Waals surface area contributed by atoms with Gasteiger partial charge in [0.05, 0.1) is 6.42 Å². The van der Waals surface area contributed by atoms with Crippen LogP contribution in [0, 0.1) is 0 Å². The second-order valence-electron chi connectivity index (χ2n) is 5.39. The Hall–Kier alpha value is -1.61. The number of hydrogen-bond acceptors (Lipinski definition) is 3. The van der Waals surface area contributed by atoms with Gasteiger partial charge in [-0.05, 0) is 43.3 Å². The van der Waals surface area contributed by atoms with Crippen molar-refractivity contribution in [2.24, 2.45) is 0 Å². The first-order chi connectivity index (χ1) is 8.96. The first-order valence-corrected chi connectivity index (χ1v) is 7.17. The van der Waals surface area contributed by atoms with E-state index in [9.17, 15) is 4.79 Å². The number of carbonyl (C=O) groups is 1. The number of esters is 1. The van der Waals surface area contributed by atoms with E-state index in [0.29, 0.717) is 6.42 Å². The van der Waals surface area contributed by atoms with Crippen LogP contribution in [-0.4, -0.2) is 11.6 Å². The van der Waals surface area contributed by atoms with E-state index in [4.69, 9.17) is 4.74 Å². The largest absolute Gasteiger partial charge is 0.460 e. The summed E-state index contributed by atoms with van der Waals surface area (Å²) in [6.07, 6.45) is 0.333. The van der Waals surface area contributed by atoms with Gasteiger partial charge in [-0.2, -0.15) is 0 Å². The van der Waals surface area contributed by atoms with E-state index in [0.717, 1.165) is 16.0 Å². The van der Waals surface area contributed by atoms with E-state index < -0.39 is 5.60 Å². The first kappa shape index (κ1) is 13.8. The molecule has 19 heavy (non-hydrogen) atoms. The van der Waals surface area contributed by atoms with Crippen molar-refractivity contribution >= 4 is 17.3 Å². The fourth-order valence-electron chi connectivity index (χ4n) is 1.86. The summed E-state index contributed by atoms with van der Waals surface area (Å²) < 4.78 is 5.37. The predicted octanol–water partition coefficient (Wildman–Crippen LogP) is 4.30. The number of hydrogen-bond donors (Lipinski definition) is 0. The molecule has 0 radical (unpaired) electrons. The van der Waals surface area contributed by atoms with Gasteiger partial charge in [-0.3, -0.25) is 4.79 Å². The van der Waals surface area contributed by atoms with Gasteiger partial charge in [0.15, 0.2) is 0 Å². The lowest BCUT2D eigenvalue weighted by Crippen LogP contribution is -2.24. The molecule has 1 heterocycles. The molecule has 1 aromatic heterocycles. The zero-order valence-electron chi connectivity index (χ0n) is 11.5. The zero-order chi connectivity index (χ0) is 13.9. The second-order valence-corrected chi connectivity index (χ2v) is 6.39. The van der Waals surface area contributed by atoms with Crippen molar-refractivity contribution < 1.29 is 9.53 Å². The van der Waals surface area contributed by atoms with Crippen molar-refractivity contribution in [1.29, 1.82) is 0 Å². The maximum absolute atomic E-state index is 11.9. The van der Waals surface area contributed by atoms with Gasteiger partial charge in [0.25, 0.3) is 0 Å². The standard InChI is InChI=1S/C16H18O2S/c1-16(2,3)18-15(17)11-14-13(9-10-19-14)12-7-5-4-6-8-12/h4-10H,11H2,1-3H3. The maximum atomic E-state index is 11.9. The van der Waals surface area contributed by atoms with Crippen molar-refractivity contribution in [1.82, 2.24) is 0 Å². The van der Waals surface area contributed by atoms with Crippen LogP contribution in [-0.2, 0) is 16.0 Å². The summed E-state index contributed by atoms with van der Waals surface area (Å²) in [4.78, 5) is 12.9. The van der Waals surface area contributed by atoms with Crippen LogP contribution in [0.1, 0.15) is 25.6 Å². The third-order valence-electron chi connectivity index (χ3n) is 2.56.